The molecule has 0 aliphatic rings. The second-order valence-electron chi connectivity index (χ2n) is 6.74. The molecule has 0 saturated carbocycles. The number of ether oxygens (including phenoxy) is 3. The first kappa shape index (κ1) is 23.5. The molecule has 6 nitrogen and oxygen atoms in total. The standard InChI is InChI=1S/C16H16O3.C9H10O3/c1-12-8-9-14(16(17)18-2)10-15(12)19-11-13-6-4-3-5-7-13;1-6-3-4-7(5-8(6)10)9(11)12-2/h3-10H,11H2,1-2H3;3-5,10H,1-2H3. The Hall–Kier alpha value is -3.80. The molecule has 0 aromatic heterocycles. The van der Waals surface area contributed by atoms with Gasteiger partial charge in [0, 0.05) is 0 Å². The van der Waals surface area contributed by atoms with Crippen molar-refractivity contribution in [2.24, 2.45) is 0 Å². The molecular formula is C25H26O6. The second kappa shape index (κ2) is 11.4. The maximum Gasteiger partial charge on any atom is 0.337 e. The third-order valence-electron chi connectivity index (χ3n) is 4.48. The number of phenols is 1. The van der Waals surface area contributed by atoms with Gasteiger partial charge in [-0.05, 0) is 54.8 Å². The normalized spacial score (nSPS) is 9.81. The van der Waals surface area contributed by atoms with E-state index in [9.17, 15) is 14.7 Å². The van der Waals surface area contributed by atoms with Gasteiger partial charge in [-0.3, -0.25) is 0 Å². The van der Waals surface area contributed by atoms with E-state index in [1.807, 2.05) is 43.3 Å². The molecule has 0 atom stereocenters. The summed E-state index contributed by atoms with van der Waals surface area (Å²) in [6.07, 6.45) is 0. The van der Waals surface area contributed by atoms with E-state index in [2.05, 4.69) is 4.74 Å². The van der Waals surface area contributed by atoms with Crippen LogP contribution in [0, 0.1) is 13.8 Å². The van der Waals surface area contributed by atoms with Crippen LogP contribution in [0.25, 0.3) is 0 Å². The smallest absolute Gasteiger partial charge is 0.337 e. The number of rotatable bonds is 5. The summed E-state index contributed by atoms with van der Waals surface area (Å²) in [5.41, 5.74) is 3.67. The highest BCUT2D eigenvalue weighted by atomic mass is 16.5. The summed E-state index contributed by atoms with van der Waals surface area (Å²) in [7, 11) is 2.67. The van der Waals surface area contributed by atoms with E-state index >= 15 is 0 Å². The zero-order valence-electron chi connectivity index (χ0n) is 18.0. The van der Waals surface area contributed by atoms with Crippen LogP contribution in [0.1, 0.15) is 37.4 Å². The second-order valence-corrected chi connectivity index (χ2v) is 6.74. The van der Waals surface area contributed by atoms with Crippen molar-refractivity contribution in [3.05, 3.63) is 94.5 Å². The van der Waals surface area contributed by atoms with Crippen LogP contribution >= 0.6 is 0 Å². The van der Waals surface area contributed by atoms with Crippen molar-refractivity contribution in [1.29, 1.82) is 0 Å². The van der Waals surface area contributed by atoms with E-state index < -0.39 is 5.97 Å². The lowest BCUT2D eigenvalue weighted by Crippen LogP contribution is -2.03. The number of carbonyl (C=O) groups excluding carboxylic acids is 2. The number of carbonyl (C=O) groups is 2. The molecule has 0 heterocycles. The van der Waals surface area contributed by atoms with Crippen LogP contribution < -0.4 is 4.74 Å². The molecule has 3 aromatic carbocycles. The molecule has 0 saturated heterocycles. The molecular weight excluding hydrogens is 396 g/mol. The maximum atomic E-state index is 11.5. The predicted octanol–water partition coefficient (Wildman–Crippen LogP) is 4.85. The first-order valence-corrected chi connectivity index (χ1v) is 9.59. The summed E-state index contributed by atoms with van der Waals surface area (Å²) < 4.78 is 14.9. The highest BCUT2D eigenvalue weighted by Gasteiger charge is 2.09. The summed E-state index contributed by atoms with van der Waals surface area (Å²) in [6.45, 7) is 4.18. The Morgan fingerprint density at radius 1 is 0.774 bits per heavy atom. The molecule has 0 amide bonds. The minimum Gasteiger partial charge on any atom is -0.508 e. The highest BCUT2D eigenvalue weighted by molar-refractivity contribution is 5.90. The van der Waals surface area contributed by atoms with Gasteiger partial charge in [0.1, 0.15) is 18.1 Å². The third-order valence-corrected chi connectivity index (χ3v) is 4.48. The number of hydrogen-bond donors (Lipinski definition) is 1. The molecule has 0 bridgehead atoms. The van der Waals surface area contributed by atoms with E-state index in [1.165, 1.54) is 20.3 Å². The van der Waals surface area contributed by atoms with Gasteiger partial charge in [0.15, 0.2) is 0 Å². The van der Waals surface area contributed by atoms with Gasteiger partial charge in [0.2, 0.25) is 0 Å². The molecule has 3 aromatic rings. The molecule has 0 spiro atoms. The van der Waals surface area contributed by atoms with Gasteiger partial charge in [-0.1, -0.05) is 42.5 Å². The van der Waals surface area contributed by atoms with Crippen LogP contribution in [-0.2, 0) is 16.1 Å². The van der Waals surface area contributed by atoms with Gasteiger partial charge in [-0.25, -0.2) is 9.59 Å². The van der Waals surface area contributed by atoms with E-state index in [0.717, 1.165) is 16.7 Å². The predicted molar refractivity (Wildman–Crippen MR) is 117 cm³/mol. The van der Waals surface area contributed by atoms with Crippen LogP contribution in [0.2, 0.25) is 0 Å². The first-order chi connectivity index (χ1) is 14.8. The lowest BCUT2D eigenvalue weighted by atomic mass is 10.1. The Morgan fingerprint density at radius 3 is 1.87 bits per heavy atom. The number of benzene rings is 3. The maximum absolute atomic E-state index is 11.5. The minimum absolute atomic E-state index is 0.109. The molecule has 1 N–H and O–H groups in total. The number of aromatic hydroxyl groups is 1. The van der Waals surface area contributed by atoms with E-state index in [1.54, 1.807) is 31.2 Å². The zero-order chi connectivity index (χ0) is 22.8. The van der Waals surface area contributed by atoms with E-state index in [-0.39, 0.29) is 11.7 Å². The molecule has 6 heteroatoms. The number of methoxy groups -OCH3 is 2. The largest absolute Gasteiger partial charge is 0.508 e. The summed E-state index contributed by atoms with van der Waals surface area (Å²) >= 11 is 0. The van der Waals surface area contributed by atoms with Crippen molar-refractivity contribution in [2.45, 2.75) is 20.5 Å². The Bertz CT molecular complexity index is 1030. The Kier molecular flexibility index (Phi) is 8.64. The van der Waals surface area contributed by atoms with Gasteiger partial charge in [0.25, 0.3) is 0 Å². The van der Waals surface area contributed by atoms with Gasteiger partial charge >= 0.3 is 11.9 Å². The molecule has 31 heavy (non-hydrogen) atoms. The molecule has 0 aliphatic heterocycles. The topological polar surface area (TPSA) is 82.1 Å². The SMILES string of the molecule is COC(=O)c1ccc(C)c(O)c1.COC(=O)c1ccc(C)c(OCc2ccccc2)c1. The highest BCUT2D eigenvalue weighted by Crippen LogP contribution is 2.21. The van der Waals surface area contributed by atoms with Crippen molar-refractivity contribution in [1.82, 2.24) is 0 Å². The third kappa shape index (κ3) is 6.89. The minimum atomic E-state index is -0.440. The van der Waals surface area contributed by atoms with Crippen molar-refractivity contribution < 1.29 is 28.9 Å². The van der Waals surface area contributed by atoms with Crippen LogP contribution in [0.5, 0.6) is 11.5 Å². The summed E-state index contributed by atoms with van der Waals surface area (Å²) in [5.74, 6) is 0.0134. The number of esters is 2. The average Bonchev–Trinajstić information content (AvgIpc) is 2.80. The zero-order valence-corrected chi connectivity index (χ0v) is 18.0. The Balaban J connectivity index is 0.000000245. The summed E-state index contributed by atoms with van der Waals surface area (Å²) in [4.78, 5) is 22.4. The van der Waals surface area contributed by atoms with Gasteiger partial charge < -0.3 is 19.3 Å². The molecule has 0 radical (unpaired) electrons. The van der Waals surface area contributed by atoms with Crippen LogP contribution in [-0.4, -0.2) is 31.3 Å². The van der Waals surface area contributed by atoms with Crippen LogP contribution in [0.4, 0.5) is 0 Å². The van der Waals surface area contributed by atoms with Crippen molar-refractivity contribution >= 4 is 11.9 Å². The van der Waals surface area contributed by atoms with E-state index in [0.29, 0.717) is 23.5 Å². The summed E-state index contributed by atoms with van der Waals surface area (Å²) in [6, 6.07) is 19.9. The van der Waals surface area contributed by atoms with Gasteiger partial charge in [-0.15, -0.1) is 0 Å². The van der Waals surface area contributed by atoms with Gasteiger partial charge in [-0.2, -0.15) is 0 Å². The lowest BCUT2D eigenvalue weighted by Gasteiger charge is -2.10. The van der Waals surface area contributed by atoms with Crippen LogP contribution in [0.15, 0.2) is 66.7 Å². The van der Waals surface area contributed by atoms with Crippen molar-refractivity contribution in [2.75, 3.05) is 14.2 Å². The Morgan fingerprint density at radius 2 is 1.32 bits per heavy atom. The van der Waals surface area contributed by atoms with Gasteiger partial charge in [0.05, 0.1) is 25.3 Å². The quantitative estimate of drug-likeness (QED) is 0.592. The van der Waals surface area contributed by atoms with Crippen molar-refractivity contribution in [3.63, 3.8) is 0 Å². The number of hydrogen-bond acceptors (Lipinski definition) is 6. The number of aryl methyl sites for hydroxylation is 2. The molecule has 162 valence electrons. The fourth-order valence-electron chi connectivity index (χ4n) is 2.59. The lowest BCUT2D eigenvalue weighted by molar-refractivity contribution is 0.0591. The monoisotopic (exact) mass is 422 g/mol. The first-order valence-electron chi connectivity index (χ1n) is 9.59. The fourth-order valence-corrected chi connectivity index (χ4v) is 2.59. The average molecular weight is 422 g/mol. The van der Waals surface area contributed by atoms with Crippen LogP contribution in [0.3, 0.4) is 0 Å². The molecule has 3 rings (SSSR count). The molecule has 0 fully saturated rings. The fraction of sp³-hybridized carbons (Fsp3) is 0.200. The molecule has 0 unspecified atom stereocenters. The number of phenolic OH excluding ortho intramolecular Hbond substituents is 1. The van der Waals surface area contributed by atoms with Crippen molar-refractivity contribution in [3.8, 4) is 11.5 Å². The Labute approximate surface area is 182 Å². The van der Waals surface area contributed by atoms with E-state index in [4.69, 9.17) is 9.47 Å². The molecule has 0 aliphatic carbocycles. The summed E-state index contributed by atoms with van der Waals surface area (Å²) in [5, 5.41) is 9.24.